The van der Waals surface area contributed by atoms with E-state index in [2.05, 4.69) is 12.1 Å². The highest BCUT2D eigenvalue weighted by Gasteiger charge is 2.33. The lowest BCUT2D eigenvalue weighted by Gasteiger charge is -2.33. The summed E-state index contributed by atoms with van der Waals surface area (Å²) < 4.78 is 33.7. The monoisotopic (exact) mass is 352 g/mol. The van der Waals surface area contributed by atoms with Crippen molar-refractivity contribution in [2.75, 3.05) is 33.3 Å². The second-order valence-electron chi connectivity index (χ2n) is 6.84. The summed E-state index contributed by atoms with van der Waals surface area (Å²) >= 11 is 0. The Morgan fingerprint density at radius 3 is 2.17 bits per heavy atom. The van der Waals surface area contributed by atoms with Gasteiger partial charge in [-0.25, -0.2) is 0 Å². The maximum atomic E-state index is 12.6. The van der Waals surface area contributed by atoms with Crippen molar-refractivity contribution in [1.82, 2.24) is 8.61 Å². The molecule has 1 aromatic rings. The number of nitrogens with zero attached hydrogens (tertiary/aromatic N) is 2. The Kier molecular flexibility index (Phi) is 5.79. The Labute approximate surface area is 145 Å². The zero-order valence-electron chi connectivity index (χ0n) is 14.5. The van der Waals surface area contributed by atoms with Crippen molar-refractivity contribution in [1.29, 1.82) is 0 Å². The van der Waals surface area contributed by atoms with Crippen LogP contribution in [-0.4, -0.2) is 50.3 Å². The van der Waals surface area contributed by atoms with Gasteiger partial charge in [0.1, 0.15) is 5.75 Å². The van der Waals surface area contributed by atoms with Crippen LogP contribution >= 0.6 is 0 Å². The van der Waals surface area contributed by atoms with E-state index in [4.69, 9.17) is 4.74 Å². The Morgan fingerprint density at radius 2 is 1.58 bits per heavy atom. The Balaban J connectivity index is 1.46. The molecule has 2 aliphatic rings. The molecule has 2 heterocycles. The molecule has 134 valence electrons. The predicted molar refractivity (Wildman–Crippen MR) is 95.3 cm³/mol. The van der Waals surface area contributed by atoms with Crippen molar-refractivity contribution < 1.29 is 13.2 Å². The quantitative estimate of drug-likeness (QED) is 0.791. The average Bonchev–Trinajstić information content (AvgIpc) is 3.16. The van der Waals surface area contributed by atoms with E-state index in [0.717, 1.165) is 44.3 Å². The third kappa shape index (κ3) is 4.10. The van der Waals surface area contributed by atoms with E-state index in [9.17, 15) is 8.42 Å². The molecule has 0 N–H and O–H groups in total. The van der Waals surface area contributed by atoms with Gasteiger partial charge in [0.15, 0.2) is 0 Å². The molecule has 2 aliphatic heterocycles. The number of benzene rings is 1. The Morgan fingerprint density at radius 1 is 1.00 bits per heavy atom. The Hall–Kier alpha value is -1.11. The highest BCUT2D eigenvalue weighted by Crippen LogP contribution is 2.26. The second kappa shape index (κ2) is 7.85. The third-order valence-corrected chi connectivity index (χ3v) is 7.33. The van der Waals surface area contributed by atoms with Crippen molar-refractivity contribution in [2.45, 2.75) is 38.5 Å². The summed E-state index contributed by atoms with van der Waals surface area (Å²) in [6.07, 6.45) is 6.12. The van der Waals surface area contributed by atoms with E-state index in [1.807, 2.05) is 12.1 Å². The topological polar surface area (TPSA) is 49.9 Å². The molecule has 0 amide bonds. The van der Waals surface area contributed by atoms with Crippen molar-refractivity contribution in [3.8, 4) is 5.75 Å². The molecule has 1 aromatic carbocycles. The van der Waals surface area contributed by atoms with Crippen LogP contribution in [-0.2, 0) is 16.6 Å². The van der Waals surface area contributed by atoms with Crippen LogP contribution in [0.3, 0.4) is 0 Å². The van der Waals surface area contributed by atoms with E-state index in [1.165, 1.54) is 5.56 Å². The molecule has 24 heavy (non-hydrogen) atoms. The first-order valence-corrected chi connectivity index (χ1v) is 10.4. The summed E-state index contributed by atoms with van der Waals surface area (Å²) in [5, 5.41) is 0. The van der Waals surface area contributed by atoms with Crippen molar-refractivity contribution in [3.05, 3.63) is 29.8 Å². The molecule has 0 spiro atoms. The van der Waals surface area contributed by atoms with Crippen molar-refractivity contribution >= 4 is 10.2 Å². The highest BCUT2D eigenvalue weighted by molar-refractivity contribution is 7.86. The second-order valence-corrected chi connectivity index (χ2v) is 8.77. The molecule has 0 aromatic heterocycles. The van der Waals surface area contributed by atoms with Gasteiger partial charge in [-0.1, -0.05) is 12.1 Å². The van der Waals surface area contributed by atoms with Gasteiger partial charge >= 0.3 is 0 Å². The number of hydrogen-bond donors (Lipinski definition) is 0. The van der Waals surface area contributed by atoms with Crippen molar-refractivity contribution in [2.24, 2.45) is 5.92 Å². The first-order valence-electron chi connectivity index (χ1n) is 8.98. The van der Waals surface area contributed by atoms with Crippen LogP contribution in [0.25, 0.3) is 0 Å². The third-order valence-electron chi connectivity index (χ3n) is 5.29. The summed E-state index contributed by atoms with van der Waals surface area (Å²) in [4.78, 5) is 0. The summed E-state index contributed by atoms with van der Waals surface area (Å²) in [6, 6.07) is 8.23. The van der Waals surface area contributed by atoms with Gasteiger partial charge in [0.25, 0.3) is 10.2 Å². The van der Waals surface area contributed by atoms with Crippen LogP contribution in [0.1, 0.15) is 37.7 Å². The summed E-state index contributed by atoms with van der Waals surface area (Å²) in [7, 11) is -1.53. The lowest BCUT2D eigenvalue weighted by Crippen LogP contribution is -2.46. The van der Waals surface area contributed by atoms with E-state index < -0.39 is 10.2 Å². The van der Waals surface area contributed by atoms with E-state index >= 15 is 0 Å². The minimum Gasteiger partial charge on any atom is -0.497 e. The minimum atomic E-state index is -3.21. The summed E-state index contributed by atoms with van der Waals surface area (Å²) in [6.45, 7) is 2.73. The van der Waals surface area contributed by atoms with E-state index in [-0.39, 0.29) is 0 Å². The maximum absolute atomic E-state index is 12.6. The number of hydrogen-bond acceptors (Lipinski definition) is 3. The predicted octanol–water partition coefficient (Wildman–Crippen LogP) is 2.68. The van der Waals surface area contributed by atoms with Crippen LogP contribution < -0.4 is 4.74 Å². The van der Waals surface area contributed by atoms with Gasteiger partial charge < -0.3 is 4.74 Å². The van der Waals surface area contributed by atoms with Gasteiger partial charge in [0.05, 0.1) is 7.11 Å². The fourth-order valence-electron chi connectivity index (χ4n) is 3.67. The number of rotatable bonds is 6. The number of piperidine rings is 1. The molecule has 0 aliphatic carbocycles. The van der Waals surface area contributed by atoms with Gasteiger partial charge in [-0.3, -0.25) is 0 Å². The van der Waals surface area contributed by atoms with Gasteiger partial charge in [-0.2, -0.15) is 17.0 Å². The zero-order chi connectivity index (χ0) is 17.0. The highest BCUT2D eigenvalue weighted by atomic mass is 32.2. The van der Waals surface area contributed by atoms with Gasteiger partial charge in [0, 0.05) is 26.2 Å². The number of ether oxygens (including phenoxy) is 1. The zero-order valence-corrected chi connectivity index (χ0v) is 15.3. The molecule has 0 atom stereocenters. The lowest BCUT2D eigenvalue weighted by molar-refractivity contribution is 0.250. The van der Waals surface area contributed by atoms with E-state index in [1.54, 1.807) is 15.7 Å². The van der Waals surface area contributed by atoms with Crippen LogP contribution in [0.5, 0.6) is 5.75 Å². The molecule has 0 saturated carbocycles. The van der Waals surface area contributed by atoms with E-state index in [0.29, 0.717) is 32.1 Å². The van der Waals surface area contributed by atoms with Gasteiger partial charge in [-0.15, -0.1) is 0 Å². The summed E-state index contributed by atoms with van der Waals surface area (Å²) in [5.41, 5.74) is 1.32. The fourth-order valence-corrected chi connectivity index (χ4v) is 5.39. The first-order chi connectivity index (χ1) is 11.6. The molecule has 2 fully saturated rings. The average molecular weight is 353 g/mol. The molecule has 0 unspecified atom stereocenters. The first kappa shape index (κ1) is 17.7. The molecule has 5 nitrogen and oxygen atoms in total. The maximum Gasteiger partial charge on any atom is 0.281 e. The standard InChI is InChI=1S/C18H28N2O3S/c1-23-18-8-6-16(7-9-18)4-5-17-10-14-20(15-11-17)24(21,22)19-12-2-3-13-19/h6-9,17H,2-5,10-15H2,1H3. The van der Waals surface area contributed by atoms with Crippen LogP contribution in [0.2, 0.25) is 0 Å². The van der Waals surface area contributed by atoms with Crippen LogP contribution in [0.4, 0.5) is 0 Å². The number of aryl methyl sites for hydroxylation is 1. The normalized spacial score (nSPS) is 21.2. The summed E-state index contributed by atoms with van der Waals surface area (Å²) in [5.74, 6) is 1.51. The smallest absolute Gasteiger partial charge is 0.281 e. The SMILES string of the molecule is COc1ccc(CCC2CCN(S(=O)(=O)N3CCCC3)CC2)cc1. The minimum absolute atomic E-state index is 0.622. The fraction of sp³-hybridized carbons (Fsp3) is 0.667. The van der Waals surface area contributed by atoms with Crippen molar-refractivity contribution in [3.63, 3.8) is 0 Å². The molecule has 2 saturated heterocycles. The molecular weight excluding hydrogens is 324 g/mol. The largest absolute Gasteiger partial charge is 0.497 e. The van der Waals surface area contributed by atoms with Crippen LogP contribution in [0, 0.1) is 5.92 Å². The lowest BCUT2D eigenvalue weighted by atomic mass is 9.91. The van der Waals surface area contributed by atoms with Crippen LogP contribution in [0.15, 0.2) is 24.3 Å². The molecule has 6 heteroatoms. The van der Waals surface area contributed by atoms with Gasteiger partial charge in [0.2, 0.25) is 0 Å². The number of methoxy groups -OCH3 is 1. The molecule has 3 rings (SSSR count). The Bertz CT molecular complexity index is 616. The molecule has 0 bridgehead atoms. The molecule has 0 radical (unpaired) electrons. The van der Waals surface area contributed by atoms with Gasteiger partial charge in [-0.05, 0) is 62.1 Å². The molecular formula is C18H28N2O3S.